The number of fused-ring (bicyclic) bond motifs is 1. The molecule has 0 aliphatic rings. The molecular formula is C16H16N2O3S. The summed E-state index contributed by atoms with van der Waals surface area (Å²) in [6, 6.07) is 12.8. The molecule has 2 aromatic heterocycles. The lowest BCUT2D eigenvalue weighted by Gasteiger charge is -2.09. The number of amides is 2. The van der Waals surface area contributed by atoms with Crippen molar-refractivity contribution in [1.29, 1.82) is 0 Å². The predicted molar refractivity (Wildman–Crippen MR) is 87.1 cm³/mol. The highest BCUT2D eigenvalue weighted by atomic mass is 32.1. The lowest BCUT2D eigenvalue weighted by molar-refractivity contribution is 0.143. The van der Waals surface area contributed by atoms with E-state index < -0.39 is 6.10 Å². The third-order valence-corrected chi connectivity index (χ3v) is 4.02. The van der Waals surface area contributed by atoms with Crippen LogP contribution in [0.25, 0.3) is 11.0 Å². The summed E-state index contributed by atoms with van der Waals surface area (Å²) in [5.41, 5.74) is 0.750. The Bertz CT molecular complexity index is 719. The normalized spacial score (nSPS) is 12.2. The number of aliphatic hydroxyl groups excluding tert-OH is 1. The van der Waals surface area contributed by atoms with E-state index in [-0.39, 0.29) is 6.03 Å². The lowest BCUT2D eigenvalue weighted by Crippen LogP contribution is -2.29. The fraction of sp³-hybridized carbons (Fsp3) is 0.188. The van der Waals surface area contributed by atoms with Crippen molar-refractivity contribution >= 4 is 33.3 Å². The van der Waals surface area contributed by atoms with Crippen LogP contribution in [-0.2, 0) is 0 Å². The third-order valence-electron chi connectivity index (χ3n) is 3.23. The first-order valence-corrected chi connectivity index (χ1v) is 7.85. The topological polar surface area (TPSA) is 74.5 Å². The summed E-state index contributed by atoms with van der Waals surface area (Å²) in [4.78, 5) is 11.6. The molecule has 1 atom stereocenters. The van der Waals surface area contributed by atoms with Gasteiger partial charge in [0.1, 0.15) is 17.4 Å². The summed E-state index contributed by atoms with van der Waals surface area (Å²) < 4.78 is 5.60. The summed E-state index contributed by atoms with van der Waals surface area (Å²) in [7, 11) is 0. The molecule has 0 unspecified atom stereocenters. The molecule has 3 aromatic rings. The molecule has 5 nitrogen and oxygen atoms in total. The number of carbonyl (C=O) groups excluding carboxylic acids is 1. The first-order chi connectivity index (χ1) is 10.7. The average molecular weight is 316 g/mol. The van der Waals surface area contributed by atoms with Crippen LogP contribution in [0.1, 0.15) is 18.3 Å². The quantitative estimate of drug-likeness (QED) is 0.671. The van der Waals surface area contributed by atoms with Crippen molar-refractivity contribution in [2.24, 2.45) is 0 Å². The first kappa shape index (κ1) is 14.6. The number of hydrogen-bond acceptors (Lipinski definition) is 4. The van der Waals surface area contributed by atoms with Crippen LogP contribution in [0.15, 0.2) is 52.3 Å². The highest BCUT2D eigenvalue weighted by Crippen LogP contribution is 2.25. The Balaban J connectivity index is 1.49. The zero-order valence-corrected chi connectivity index (χ0v) is 12.6. The summed E-state index contributed by atoms with van der Waals surface area (Å²) in [5.74, 6) is 0.515. The van der Waals surface area contributed by atoms with Gasteiger partial charge in [0.25, 0.3) is 0 Å². The summed E-state index contributed by atoms with van der Waals surface area (Å²) in [6.45, 7) is 0.357. The molecule has 2 heterocycles. The number of hydrogen-bond donors (Lipinski definition) is 3. The van der Waals surface area contributed by atoms with Gasteiger partial charge in [0.2, 0.25) is 0 Å². The Morgan fingerprint density at radius 2 is 2.14 bits per heavy atom. The minimum atomic E-state index is -0.741. The molecule has 0 radical (unpaired) electrons. The standard InChI is InChI=1S/C16H16N2O3S/c19-12(14-10-11-4-1-2-5-13(11)21-14)7-8-17-16(20)18-15-6-3-9-22-15/h1-6,9-10,12,19H,7-8H2,(H2,17,18,20)/t12-/m0/s1. The van der Waals surface area contributed by atoms with Crippen molar-refractivity contribution in [3.8, 4) is 0 Å². The number of benzene rings is 1. The largest absolute Gasteiger partial charge is 0.458 e. The van der Waals surface area contributed by atoms with E-state index in [4.69, 9.17) is 4.42 Å². The van der Waals surface area contributed by atoms with Crippen LogP contribution in [0, 0.1) is 0 Å². The highest BCUT2D eigenvalue weighted by molar-refractivity contribution is 7.14. The Morgan fingerprint density at radius 3 is 2.91 bits per heavy atom. The maximum atomic E-state index is 11.6. The molecular weight excluding hydrogens is 300 g/mol. The highest BCUT2D eigenvalue weighted by Gasteiger charge is 2.13. The Kier molecular flexibility index (Phi) is 4.41. The minimum Gasteiger partial charge on any atom is -0.458 e. The number of anilines is 1. The number of furan rings is 1. The molecule has 3 N–H and O–H groups in total. The smallest absolute Gasteiger partial charge is 0.319 e. The molecule has 3 rings (SSSR count). The van der Waals surface area contributed by atoms with Gasteiger partial charge in [-0.2, -0.15) is 0 Å². The second-order valence-corrected chi connectivity index (χ2v) is 5.80. The van der Waals surface area contributed by atoms with Crippen LogP contribution < -0.4 is 10.6 Å². The van der Waals surface area contributed by atoms with Gasteiger partial charge in [0.15, 0.2) is 0 Å². The molecule has 2 amide bonds. The monoisotopic (exact) mass is 316 g/mol. The van der Waals surface area contributed by atoms with E-state index in [1.165, 1.54) is 11.3 Å². The van der Waals surface area contributed by atoms with Crippen molar-refractivity contribution in [1.82, 2.24) is 5.32 Å². The Morgan fingerprint density at radius 1 is 1.27 bits per heavy atom. The van der Waals surface area contributed by atoms with Gasteiger partial charge in [0, 0.05) is 11.9 Å². The van der Waals surface area contributed by atoms with Crippen LogP contribution in [-0.4, -0.2) is 17.7 Å². The van der Waals surface area contributed by atoms with E-state index >= 15 is 0 Å². The molecule has 22 heavy (non-hydrogen) atoms. The number of urea groups is 1. The summed E-state index contributed by atoms with van der Waals surface area (Å²) in [6.07, 6.45) is -0.355. The van der Waals surface area contributed by atoms with Gasteiger partial charge in [-0.15, -0.1) is 11.3 Å². The number of thiophene rings is 1. The van der Waals surface area contributed by atoms with Crippen molar-refractivity contribution in [2.45, 2.75) is 12.5 Å². The SMILES string of the molecule is O=C(NCC[C@H](O)c1cc2ccccc2o1)Nc1cccs1. The van der Waals surface area contributed by atoms with Crippen LogP contribution in [0.3, 0.4) is 0 Å². The Labute approximate surface area is 131 Å². The fourth-order valence-corrected chi connectivity index (χ4v) is 2.75. The van der Waals surface area contributed by atoms with E-state index in [1.54, 1.807) is 0 Å². The lowest BCUT2D eigenvalue weighted by atomic mass is 10.2. The van der Waals surface area contributed by atoms with Crippen LogP contribution in [0.4, 0.5) is 9.80 Å². The van der Waals surface area contributed by atoms with Gasteiger partial charge in [-0.1, -0.05) is 18.2 Å². The van der Waals surface area contributed by atoms with Gasteiger partial charge in [-0.05, 0) is 36.1 Å². The molecule has 0 aliphatic carbocycles. The molecule has 114 valence electrons. The van der Waals surface area contributed by atoms with Crippen LogP contribution in [0.5, 0.6) is 0 Å². The number of rotatable bonds is 5. The molecule has 0 saturated heterocycles. The molecule has 0 aliphatic heterocycles. The number of para-hydroxylation sites is 1. The van der Waals surface area contributed by atoms with Gasteiger partial charge in [-0.3, -0.25) is 5.32 Å². The molecule has 0 fully saturated rings. The van der Waals surface area contributed by atoms with Gasteiger partial charge >= 0.3 is 6.03 Å². The number of carbonyl (C=O) groups is 1. The zero-order valence-electron chi connectivity index (χ0n) is 11.8. The van der Waals surface area contributed by atoms with Gasteiger partial charge in [-0.25, -0.2) is 4.79 Å². The molecule has 6 heteroatoms. The van der Waals surface area contributed by atoms with Crippen LogP contribution >= 0.6 is 11.3 Å². The minimum absolute atomic E-state index is 0.278. The predicted octanol–water partition coefficient (Wildman–Crippen LogP) is 3.74. The van der Waals surface area contributed by atoms with E-state index in [9.17, 15) is 9.90 Å². The number of aliphatic hydroxyl groups is 1. The second-order valence-electron chi connectivity index (χ2n) is 4.85. The van der Waals surface area contributed by atoms with Gasteiger partial charge < -0.3 is 14.8 Å². The van der Waals surface area contributed by atoms with Crippen LogP contribution in [0.2, 0.25) is 0 Å². The third kappa shape index (κ3) is 3.47. The molecule has 1 aromatic carbocycles. The van der Waals surface area contributed by atoms with E-state index in [2.05, 4.69) is 10.6 Å². The second kappa shape index (κ2) is 6.64. The summed E-state index contributed by atoms with van der Waals surface area (Å²) in [5, 5.41) is 19.2. The Hall–Kier alpha value is -2.31. The van der Waals surface area contributed by atoms with Crippen molar-refractivity contribution in [3.63, 3.8) is 0 Å². The van der Waals surface area contributed by atoms with E-state index in [0.29, 0.717) is 18.7 Å². The maximum Gasteiger partial charge on any atom is 0.319 e. The molecule has 0 spiro atoms. The summed E-state index contributed by atoms with van der Waals surface area (Å²) >= 11 is 1.45. The molecule has 0 bridgehead atoms. The molecule has 0 saturated carbocycles. The maximum absolute atomic E-state index is 11.6. The van der Waals surface area contributed by atoms with E-state index in [1.807, 2.05) is 47.8 Å². The number of nitrogens with one attached hydrogen (secondary N) is 2. The fourth-order valence-electron chi connectivity index (χ4n) is 2.14. The average Bonchev–Trinajstić information content (AvgIpc) is 3.15. The van der Waals surface area contributed by atoms with Crippen molar-refractivity contribution in [2.75, 3.05) is 11.9 Å². The zero-order chi connectivity index (χ0) is 15.4. The van der Waals surface area contributed by atoms with Crippen molar-refractivity contribution in [3.05, 3.63) is 53.6 Å². The first-order valence-electron chi connectivity index (χ1n) is 6.97. The van der Waals surface area contributed by atoms with E-state index in [0.717, 1.165) is 16.0 Å². The van der Waals surface area contributed by atoms with Crippen molar-refractivity contribution < 1.29 is 14.3 Å². The van der Waals surface area contributed by atoms with Gasteiger partial charge in [0.05, 0.1) is 5.00 Å².